The molecule has 2 rings (SSSR count). The maximum atomic E-state index is 5.76. The van der Waals surface area contributed by atoms with E-state index in [4.69, 9.17) is 5.73 Å². The lowest BCUT2D eigenvalue weighted by Gasteiger charge is -2.06. The van der Waals surface area contributed by atoms with E-state index in [1.165, 1.54) is 0 Å². The van der Waals surface area contributed by atoms with Gasteiger partial charge in [-0.1, -0.05) is 12.1 Å². The minimum absolute atomic E-state index is 0.786. The van der Waals surface area contributed by atoms with E-state index in [0.717, 1.165) is 28.1 Å². The predicted octanol–water partition coefficient (Wildman–Crippen LogP) is 2.95. The first-order valence-corrected chi connectivity index (χ1v) is 4.96. The van der Waals surface area contributed by atoms with Crippen molar-refractivity contribution in [3.8, 4) is 11.1 Å². The summed E-state index contributed by atoms with van der Waals surface area (Å²) in [7, 11) is 0. The largest absolute Gasteiger partial charge is 0.399 e. The number of benzene rings is 1. The van der Waals surface area contributed by atoms with Crippen molar-refractivity contribution >= 4 is 5.69 Å². The molecule has 0 saturated heterocycles. The van der Waals surface area contributed by atoms with E-state index in [9.17, 15) is 0 Å². The fourth-order valence-corrected chi connectivity index (χ4v) is 1.64. The van der Waals surface area contributed by atoms with Gasteiger partial charge in [0.05, 0.1) is 0 Å². The lowest BCUT2D eigenvalue weighted by molar-refractivity contribution is 1.17. The summed E-state index contributed by atoms with van der Waals surface area (Å²) in [6, 6.07) is 10.0. The van der Waals surface area contributed by atoms with Crippen molar-refractivity contribution in [2.24, 2.45) is 0 Å². The highest BCUT2D eigenvalue weighted by atomic mass is 14.7. The van der Waals surface area contributed by atoms with Crippen molar-refractivity contribution in [2.75, 3.05) is 5.73 Å². The van der Waals surface area contributed by atoms with Gasteiger partial charge in [-0.3, -0.25) is 4.98 Å². The minimum atomic E-state index is 0.786. The summed E-state index contributed by atoms with van der Waals surface area (Å²) in [5, 5.41) is 0. The molecule has 15 heavy (non-hydrogen) atoms. The number of hydrogen-bond donors (Lipinski definition) is 1. The maximum absolute atomic E-state index is 5.76. The van der Waals surface area contributed by atoms with Crippen LogP contribution in [0.2, 0.25) is 0 Å². The Labute approximate surface area is 89.8 Å². The quantitative estimate of drug-likeness (QED) is 0.715. The van der Waals surface area contributed by atoms with Crippen LogP contribution in [0.25, 0.3) is 11.1 Å². The van der Waals surface area contributed by atoms with Crippen molar-refractivity contribution in [3.05, 3.63) is 47.8 Å². The van der Waals surface area contributed by atoms with Gasteiger partial charge in [-0.15, -0.1) is 0 Å². The Morgan fingerprint density at radius 2 is 1.93 bits per heavy atom. The Hall–Kier alpha value is -1.83. The van der Waals surface area contributed by atoms with Gasteiger partial charge in [0.15, 0.2) is 0 Å². The molecule has 0 aliphatic carbocycles. The molecular formula is C13H14N2. The standard InChI is InChI=1S/C13H14N2/c1-9-6-13(10(2)15-8-9)11-4-3-5-12(14)7-11/h3-8H,14H2,1-2H3. The highest BCUT2D eigenvalue weighted by molar-refractivity contribution is 5.69. The fraction of sp³-hybridized carbons (Fsp3) is 0.154. The van der Waals surface area contributed by atoms with E-state index in [1.54, 1.807) is 0 Å². The molecule has 1 aromatic carbocycles. The van der Waals surface area contributed by atoms with Crippen LogP contribution < -0.4 is 5.73 Å². The van der Waals surface area contributed by atoms with Gasteiger partial charge in [0.1, 0.15) is 0 Å². The van der Waals surface area contributed by atoms with Crippen LogP contribution in [0.4, 0.5) is 5.69 Å². The number of nitrogen functional groups attached to an aromatic ring is 1. The van der Waals surface area contributed by atoms with Crippen molar-refractivity contribution in [2.45, 2.75) is 13.8 Å². The third-order valence-corrected chi connectivity index (χ3v) is 2.42. The zero-order valence-electron chi connectivity index (χ0n) is 8.99. The molecule has 0 spiro atoms. The van der Waals surface area contributed by atoms with Crippen LogP contribution in [0.5, 0.6) is 0 Å². The first-order valence-electron chi connectivity index (χ1n) is 4.96. The smallest absolute Gasteiger partial charge is 0.0451 e. The van der Waals surface area contributed by atoms with Gasteiger partial charge in [0, 0.05) is 23.1 Å². The van der Waals surface area contributed by atoms with E-state index in [0.29, 0.717) is 0 Å². The van der Waals surface area contributed by atoms with Crippen LogP contribution in [0.3, 0.4) is 0 Å². The number of rotatable bonds is 1. The second kappa shape index (κ2) is 3.73. The average molecular weight is 198 g/mol. The number of aryl methyl sites for hydroxylation is 2. The Balaban J connectivity index is 2.58. The normalized spacial score (nSPS) is 10.3. The summed E-state index contributed by atoms with van der Waals surface area (Å²) >= 11 is 0. The monoisotopic (exact) mass is 198 g/mol. The van der Waals surface area contributed by atoms with Gasteiger partial charge in [-0.2, -0.15) is 0 Å². The van der Waals surface area contributed by atoms with Gasteiger partial charge in [0.25, 0.3) is 0 Å². The summed E-state index contributed by atoms with van der Waals surface area (Å²) in [6.45, 7) is 4.06. The Kier molecular flexibility index (Phi) is 2.42. The van der Waals surface area contributed by atoms with Gasteiger partial charge in [-0.05, 0) is 43.2 Å². The second-order valence-corrected chi connectivity index (χ2v) is 3.77. The predicted molar refractivity (Wildman–Crippen MR) is 63.6 cm³/mol. The Bertz CT molecular complexity index is 490. The molecule has 0 atom stereocenters. The molecule has 2 nitrogen and oxygen atoms in total. The summed E-state index contributed by atoms with van der Waals surface area (Å²) in [6.07, 6.45) is 1.88. The Morgan fingerprint density at radius 1 is 1.13 bits per heavy atom. The van der Waals surface area contributed by atoms with Gasteiger partial charge < -0.3 is 5.73 Å². The highest BCUT2D eigenvalue weighted by Gasteiger charge is 2.03. The molecule has 0 saturated carbocycles. The lowest BCUT2D eigenvalue weighted by Crippen LogP contribution is -1.90. The van der Waals surface area contributed by atoms with Crippen LogP contribution in [-0.4, -0.2) is 4.98 Å². The van der Waals surface area contributed by atoms with Crippen LogP contribution >= 0.6 is 0 Å². The third kappa shape index (κ3) is 1.99. The SMILES string of the molecule is Cc1cnc(C)c(-c2cccc(N)c2)c1. The molecule has 0 bridgehead atoms. The number of anilines is 1. The van der Waals surface area contributed by atoms with Crippen molar-refractivity contribution in [3.63, 3.8) is 0 Å². The van der Waals surface area contributed by atoms with Crippen LogP contribution in [-0.2, 0) is 0 Å². The number of nitrogens with zero attached hydrogens (tertiary/aromatic N) is 1. The maximum Gasteiger partial charge on any atom is 0.0451 e. The first kappa shape index (κ1) is 9.71. The van der Waals surface area contributed by atoms with Crippen molar-refractivity contribution in [1.29, 1.82) is 0 Å². The van der Waals surface area contributed by atoms with E-state index < -0.39 is 0 Å². The summed E-state index contributed by atoms with van der Waals surface area (Å²) in [5.74, 6) is 0. The highest BCUT2D eigenvalue weighted by Crippen LogP contribution is 2.24. The van der Waals surface area contributed by atoms with Gasteiger partial charge >= 0.3 is 0 Å². The van der Waals surface area contributed by atoms with E-state index in [2.05, 4.69) is 17.1 Å². The summed E-state index contributed by atoms with van der Waals surface area (Å²) < 4.78 is 0. The van der Waals surface area contributed by atoms with Gasteiger partial charge in [0.2, 0.25) is 0 Å². The molecule has 0 unspecified atom stereocenters. The molecule has 0 fully saturated rings. The molecule has 76 valence electrons. The molecule has 0 amide bonds. The zero-order chi connectivity index (χ0) is 10.8. The molecule has 0 aliphatic rings. The topological polar surface area (TPSA) is 38.9 Å². The van der Waals surface area contributed by atoms with E-state index in [-0.39, 0.29) is 0 Å². The number of hydrogen-bond acceptors (Lipinski definition) is 2. The lowest BCUT2D eigenvalue weighted by atomic mass is 10.0. The molecule has 1 heterocycles. The number of nitrogens with two attached hydrogens (primary N) is 1. The molecule has 2 heteroatoms. The zero-order valence-corrected chi connectivity index (χ0v) is 8.99. The van der Waals surface area contributed by atoms with Crippen molar-refractivity contribution < 1.29 is 0 Å². The third-order valence-electron chi connectivity index (χ3n) is 2.42. The van der Waals surface area contributed by atoms with Crippen LogP contribution in [0.1, 0.15) is 11.3 Å². The molecule has 0 aliphatic heterocycles. The number of aromatic nitrogens is 1. The summed E-state index contributed by atoms with van der Waals surface area (Å²) in [4.78, 5) is 4.34. The van der Waals surface area contributed by atoms with Crippen LogP contribution in [0.15, 0.2) is 36.5 Å². The molecule has 2 N–H and O–H groups in total. The minimum Gasteiger partial charge on any atom is -0.399 e. The average Bonchev–Trinajstić information content (AvgIpc) is 2.22. The Morgan fingerprint density at radius 3 is 2.67 bits per heavy atom. The number of pyridine rings is 1. The first-order chi connectivity index (χ1) is 7.16. The van der Waals surface area contributed by atoms with Crippen molar-refractivity contribution in [1.82, 2.24) is 4.98 Å². The summed E-state index contributed by atoms with van der Waals surface area (Å²) in [5.41, 5.74) is 11.0. The van der Waals surface area contributed by atoms with E-state index in [1.807, 2.05) is 38.2 Å². The second-order valence-electron chi connectivity index (χ2n) is 3.77. The fourth-order valence-electron chi connectivity index (χ4n) is 1.64. The van der Waals surface area contributed by atoms with Crippen LogP contribution in [0, 0.1) is 13.8 Å². The molecule has 0 radical (unpaired) electrons. The molecule has 2 aromatic rings. The molecular weight excluding hydrogens is 184 g/mol. The van der Waals surface area contributed by atoms with E-state index >= 15 is 0 Å². The van der Waals surface area contributed by atoms with Gasteiger partial charge in [-0.25, -0.2) is 0 Å². The molecule has 1 aromatic heterocycles.